The predicted molar refractivity (Wildman–Crippen MR) is 82.6 cm³/mol. The molecule has 0 heterocycles. The van der Waals surface area contributed by atoms with E-state index >= 15 is 0 Å². The van der Waals surface area contributed by atoms with E-state index < -0.39 is 0 Å². The lowest BCUT2D eigenvalue weighted by atomic mass is 9.75. The van der Waals surface area contributed by atoms with Crippen molar-refractivity contribution in [3.05, 3.63) is 24.3 Å². The molecule has 5 atom stereocenters. The summed E-state index contributed by atoms with van der Waals surface area (Å²) in [6.45, 7) is 11.9. The van der Waals surface area contributed by atoms with Gasteiger partial charge in [-0.2, -0.15) is 0 Å². The SMILES string of the molecule is CCCC1C=CC=CC(C(C)CC)C(C)CC1C. The van der Waals surface area contributed by atoms with Gasteiger partial charge >= 0.3 is 0 Å². The highest BCUT2D eigenvalue weighted by atomic mass is 14.3. The summed E-state index contributed by atoms with van der Waals surface area (Å²) in [6.07, 6.45) is 14.8. The second kappa shape index (κ2) is 7.81. The fraction of sp³-hybridized carbons (Fsp3) is 0.778. The molecule has 1 aliphatic carbocycles. The van der Waals surface area contributed by atoms with Crippen LogP contribution < -0.4 is 0 Å². The Balaban J connectivity index is 2.79. The lowest BCUT2D eigenvalue weighted by Gasteiger charge is -2.30. The summed E-state index contributed by atoms with van der Waals surface area (Å²) >= 11 is 0. The minimum Gasteiger partial charge on any atom is -0.0812 e. The average molecular weight is 248 g/mol. The first-order valence-electron chi connectivity index (χ1n) is 7.95. The summed E-state index contributed by atoms with van der Waals surface area (Å²) < 4.78 is 0. The van der Waals surface area contributed by atoms with Crippen LogP contribution in [0, 0.1) is 29.6 Å². The van der Waals surface area contributed by atoms with Crippen molar-refractivity contribution in [2.75, 3.05) is 0 Å². The van der Waals surface area contributed by atoms with Crippen LogP contribution in [0.3, 0.4) is 0 Å². The van der Waals surface area contributed by atoms with Crippen LogP contribution in [0.1, 0.15) is 60.3 Å². The van der Waals surface area contributed by atoms with E-state index in [9.17, 15) is 0 Å². The molecule has 0 radical (unpaired) electrons. The molecule has 0 fully saturated rings. The first kappa shape index (κ1) is 15.5. The molecule has 0 aromatic carbocycles. The van der Waals surface area contributed by atoms with E-state index in [1.165, 1.54) is 25.7 Å². The Labute approximate surface area is 115 Å². The third-order valence-corrected chi connectivity index (χ3v) is 4.86. The van der Waals surface area contributed by atoms with Gasteiger partial charge in [-0.25, -0.2) is 0 Å². The Bertz CT molecular complexity index is 274. The van der Waals surface area contributed by atoms with Crippen molar-refractivity contribution in [3.63, 3.8) is 0 Å². The molecule has 104 valence electrons. The van der Waals surface area contributed by atoms with Crippen molar-refractivity contribution in [2.24, 2.45) is 29.6 Å². The highest BCUT2D eigenvalue weighted by molar-refractivity contribution is 5.09. The van der Waals surface area contributed by atoms with Crippen LogP contribution in [-0.4, -0.2) is 0 Å². The number of rotatable bonds is 4. The topological polar surface area (TPSA) is 0 Å². The summed E-state index contributed by atoms with van der Waals surface area (Å²) in [5, 5.41) is 0. The molecule has 0 saturated carbocycles. The van der Waals surface area contributed by atoms with Gasteiger partial charge in [-0.3, -0.25) is 0 Å². The molecule has 1 rings (SSSR count). The van der Waals surface area contributed by atoms with Crippen molar-refractivity contribution < 1.29 is 0 Å². The van der Waals surface area contributed by atoms with E-state index in [0.29, 0.717) is 0 Å². The van der Waals surface area contributed by atoms with Crippen LogP contribution in [-0.2, 0) is 0 Å². The maximum absolute atomic E-state index is 2.45. The third-order valence-electron chi connectivity index (χ3n) is 4.86. The number of hydrogen-bond acceptors (Lipinski definition) is 0. The number of hydrogen-bond donors (Lipinski definition) is 0. The zero-order chi connectivity index (χ0) is 13.5. The fourth-order valence-electron chi connectivity index (χ4n) is 3.43. The van der Waals surface area contributed by atoms with Crippen molar-refractivity contribution in [2.45, 2.75) is 60.3 Å². The Morgan fingerprint density at radius 1 is 1.06 bits per heavy atom. The standard InChI is InChI=1S/C18H32/c1-6-10-17-11-8-9-12-18(14(3)7-2)16(5)13-15(17)4/h8-9,11-12,14-18H,6-7,10,13H2,1-5H3. The summed E-state index contributed by atoms with van der Waals surface area (Å²) in [4.78, 5) is 0. The minimum atomic E-state index is 0.752. The highest BCUT2D eigenvalue weighted by Gasteiger charge is 2.24. The molecule has 5 unspecified atom stereocenters. The van der Waals surface area contributed by atoms with E-state index in [1.807, 2.05) is 0 Å². The number of allylic oxidation sites excluding steroid dienone is 4. The van der Waals surface area contributed by atoms with Crippen LogP contribution in [0.5, 0.6) is 0 Å². The van der Waals surface area contributed by atoms with Gasteiger partial charge in [0.25, 0.3) is 0 Å². The molecule has 0 nitrogen and oxygen atoms in total. The first-order chi connectivity index (χ1) is 8.60. The Morgan fingerprint density at radius 2 is 1.72 bits per heavy atom. The van der Waals surface area contributed by atoms with Gasteiger partial charge in [0.1, 0.15) is 0 Å². The molecule has 0 aromatic rings. The monoisotopic (exact) mass is 248 g/mol. The van der Waals surface area contributed by atoms with Crippen LogP contribution in [0.4, 0.5) is 0 Å². The first-order valence-corrected chi connectivity index (χ1v) is 7.95. The van der Waals surface area contributed by atoms with Gasteiger partial charge in [-0.05, 0) is 42.4 Å². The largest absolute Gasteiger partial charge is 0.0812 e. The Hall–Kier alpha value is -0.520. The maximum atomic E-state index is 2.45. The Kier molecular flexibility index (Phi) is 6.75. The van der Waals surface area contributed by atoms with E-state index in [0.717, 1.165) is 29.6 Å². The van der Waals surface area contributed by atoms with Gasteiger partial charge in [0.2, 0.25) is 0 Å². The average Bonchev–Trinajstić information content (AvgIpc) is 2.41. The van der Waals surface area contributed by atoms with E-state index in [-0.39, 0.29) is 0 Å². The summed E-state index contributed by atoms with van der Waals surface area (Å²) in [6, 6.07) is 0. The minimum absolute atomic E-state index is 0.752. The molecule has 0 bridgehead atoms. The molecule has 0 N–H and O–H groups in total. The van der Waals surface area contributed by atoms with E-state index in [1.54, 1.807) is 0 Å². The van der Waals surface area contributed by atoms with Crippen molar-refractivity contribution in [3.8, 4) is 0 Å². The van der Waals surface area contributed by atoms with Gasteiger partial charge < -0.3 is 0 Å². The molecular weight excluding hydrogens is 216 g/mol. The van der Waals surface area contributed by atoms with E-state index in [2.05, 4.69) is 58.9 Å². The van der Waals surface area contributed by atoms with E-state index in [4.69, 9.17) is 0 Å². The van der Waals surface area contributed by atoms with Crippen molar-refractivity contribution >= 4 is 0 Å². The molecular formula is C18H32. The quantitative estimate of drug-likeness (QED) is 0.585. The Morgan fingerprint density at radius 3 is 2.33 bits per heavy atom. The maximum Gasteiger partial charge on any atom is -0.0179 e. The summed E-state index contributed by atoms with van der Waals surface area (Å²) in [5.41, 5.74) is 0. The van der Waals surface area contributed by atoms with Gasteiger partial charge in [0.05, 0.1) is 0 Å². The van der Waals surface area contributed by atoms with Crippen molar-refractivity contribution in [1.29, 1.82) is 0 Å². The summed E-state index contributed by atoms with van der Waals surface area (Å²) in [7, 11) is 0. The van der Waals surface area contributed by atoms with Gasteiger partial charge in [0, 0.05) is 0 Å². The van der Waals surface area contributed by atoms with Gasteiger partial charge in [-0.1, -0.05) is 71.8 Å². The third kappa shape index (κ3) is 4.30. The second-order valence-corrected chi connectivity index (χ2v) is 6.38. The second-order valence-electron chi connectivity index (χ2n) is 6.38. The summed E-state index contributed by atoms with van der Waals surface area (Å²) in [5.74, 6) is 3.97. The molecule has 0 aromatic heterocycles. The van der Waals surface area contributed by atoms with Crippen molar-refractivity contribution in [1.82, 2.24) is 0 Å². The molecule has 0 spiro atoms. The fourth-order valence-corrected chi connectivity index (χ4v) is 3.43. The predicted octanol–water partition coefficient (Wildman–Crippen LogP) is 5.85. The molecule has 18 heavy (non-hydrogen) atoms. The lowest BCUT2D eigenvalue weighted by Crippen LogP contribution is -2.21. The van der Waals surface area contributed by atoms with Crippen LogP contribution in [0.25, 0.3) is 0 Å². The van der Waals surface area contributed by atoms with Crippen LogP contribution in [0.2, 0.25) is 0 Å². The van der Waals surface area contributed by atoms with Crippen LogP contribution in [0.15, 0.2) is 24.3 Å². The lowest BCUT2D eigenvalue weighted by molar-refractivity contribution is 0.239. The molecule has 0 saturated heterocycles. The normalized spacial score (nSPS) is 34.7. The highest BCUT2D eigenvalue weighted by Crippen LogP contribution is 2.34. The zero-order valence-electron chi connectivity index (χ0n) is 13.0. The van der Waals surface area contributed by atoms with Gasteiger partial charge in [-0.15, -0.1) is 0 Å². The molecule has 0 heteroatoms. The van der Waals surface area contributed by atoms with Gasteiger partial charge in [0.15, 0.2) is 0 Å². The molecule has 1 aliphatic rings. The molecule has 0 aliphatic heterocycles. The smallest absolute Gasteiger partial charge is 0.0179 e. The zero-order valence-corrected chi connectivity index (χ0v) is 13.0. The molecule has 0 amide bonds. The van der Waals surface area contributed by atoms with Crippen LogP contribution >= 0.6 is 0 Å².